The molecule has 1 aromatic rings. The SMILES string of the molecule is CCCc1c(NN)ncnc1SCC(=O)OC(C)(C)C. The highest BCUT2D eigenvalue weighted by Gasteiger charge is 2.18. The second kappa shape index (κ2) is 7.44. The van der Waals surface area contributed by atoms with Crippen LogP contribution in [0.5, 0.6) is 0 Å². The van der Waals surface area contributed by atoms with Crippen molar-refractivity contribution in [3.05, 3.63) is 11.9 Å². The molecule has 0 aliphatic heterocycles. The van der Waals surface area contributed by atoms with Gasteiger partial charge in [-0.25, -0.2) is 15.8 Å². The monoisotopic (exact) mass is 298 g/mol. The third-order valence-corrected chi connectivity index (χ3v) is 3.29. The van der Waals surface area contributed by atoms with Crippen molar-refractivity contribution in [1.82, 2.24) is 9.97 Å². The summed E-state index contributed by atoms with van der Waals surface area (Å²) >= 11 is 1.34. The standard InChI is InChI=1S/C13H22N4O2S/c1-5-6-9-11(17-14)15-8-16-12(9)20-7-10(18)19-13(2,3)4/h8H,5-7,14H2,1-4H3,(H,15,16,17). The Morgan fingerprint density at radius 1 is 1.45 bits per heavy atom. The number of nitrogens with zero attached hydrogens (tertiary/aromatic N) is 2. The third kappa shape index (κ3) is 5.34. The third-order valence-electron chi connectivity index (χ3n) is 2.29. The van der Waals surface area contributed by atoms with Crippen molar-refractivity contribution in [2.45, 2.75) is 51.2 Å². The Morgan fingerprint density at radius 3 is 2.70 bits per heavy atom. The summed E-state index contributed by atoms with van der Waals surface area (Å²) in [7, 11) is 0. The van der Waals surface area contributed by atoms with Gasteiger partial charge in [-0.2, -0.15) is 0 Å². The summed E-state index contributed by atoms with van der Waals surface area (Å²) in [5, 5.41) is 0.764. The van der Waals surface area contributed by atoms with E-state index in [1.807, 2.05) is 20.8 Å². The molecule has 0 amide bonds. The molecule has 0 radical (unpaired) electrons. The number of ether oxygens (including phenoxy) is 1. The maximum Gasteiger partial charge on any atom is 0.316 e. The predicted octanol–water partition coefficient (Wildman–Crippen LogP) is 2.15. The summed E-state index contributed by atoms with van der Waals surface area (Å²) in [6, 6.07) is 0. The zero-order valence-corrected chi connectivity index (χ0v) is 13.2. The van der Waals surface area contributed by atoms with Crippen LogP contribution in [0.2, 0.25) is 0 Å². The van der Waals surface area contributed by atoms with E-state index in [0.717, 1.165) is 23.4 Å². The fourth-order valence-corrected chi connectivity index (χ4v) is 2.43. The zero-order chi connectivity index (χ0) is 15.2. The number of esters is 1. The van der Waals surface area contributed by atoms with E-state index < -0.39 is 5.60 Å². The molecule has 1 heterocycles. The average molecular weight is 298 g/mol. The van der Waals surface area contributed by atoms with E-state index in [2.05, 4.69) is 22.3 Å². The fraction of sp³-hybridized carbons (Fsp3) is 0.615. The van der Waals surface area contributed by atoms with E-state index >= 15 is 0 Å². The molecule has 0 aliphatic rings. The lowest BCUT2D eigenvalue weighted by molar-refractivity contribution is -0.151. The molecule has 6 nitrogen and oxygen atoms in total. The molecule has 7 heteroatoms. The number of nitrogens with one attached hydrogen (secondary N) is 1. The van der Waals surface area contributed by atoms with Crippen molar-refractivity contribution >= 4 is 23.5 Å². The van der Waals surface area contributed by atoms with Crippen LogP contribution in [0, 0.1) is 0 Å². The van der Waals surface area contributed by atoms with Gasteiger partial charge >= 0.3 is 5.97 Å². The molecule has 3 N–H and O–H groups in total. The number of aromatic nitrogens is 2. The van der Waals surface area contributed by atoms with E-state index in [4.69, 9.17) is 10.6 Å². The van der Waals surface area contributed by atoms with Gasteiger partial charge in [-0.1, -0.05) is 25.1 Å². The first kappa shape index (κ1) is 16.7. The van der Waals surface area contributed by atoms with Gasteiger partial charge in [0.25, 0.3) is 0 Å². The molecule has 0 aromatic carbocycles. The first-order chi connectivity index (χ1) is 9.37. The van der Waals surface area contributed by atoms with Crippen LogP contribution in [-0.4, -0.2) is 27.3 Å². The zero-order valence-electron chi connectivity index (χ0n) is 12.4. The summed E-state index contributed by atoms with van der Waals surface area (Å²) in [6.07, 6.45) is 3.19. The van der Waals surface area contributed by atoms with Gasteiger partial charge < -0.3 is 10.2 Å². The molecule has 0 atom stereocenters. The van der Waals surface area contributed by atoms with Crippen LogP contribution >= 0.6 is 11.8 Å². The summed E-state index contributed by atoms with van der Waals surface area (Å²) in [5.74, 6) is 6.01. The molecule has 112 valence electrons. The molecule has 0 aliphatic carbocycles. The molecular formula is C13H22N4O2S. The van der Waals surface area contributed by atoms with Gasteiger partial charge in [0.2, 0.25) is 0 Å². The van der Waals surface area contributed by atoms with Gasteiger partial charge in [-0.05, 0) is 27.2 Å². The molecular weight excluding hydrogens is 276 g/mol. The van der Waals surface area contributed by atoms with E-state index in [1.54, 1.807) is 0 Å². The van der Waals surface area contributed by atoms with Crippen LogP contribution in [-0.2, 0) is 16.0 Å². The quantitative estimate of drug-likeness (QED) is 0.273. The lowest BCUT2D eigenvalue weighted by Gasteiger charge is -2.19. The van der Waals surface area contributed by atoms with E-state index in [-0.39, 0.29) is 11.7 Å². The Morgan fingerprint density at radius 2 is 2.15 bits per heavy atom. The maximum absolute atomic E-state index is 11.7. The number of anilines is 1. The number of nitrogen functional groups attached to an aromatic ring is 1. The first-order valence-corrected chi connectivity index (χ1v) is 7.51. The molecule has 20 heavy (non-hydrogen) atoms. The highest BCUT2D eigenvalue weighted by molar-refractivity contribution is 7.99. The lowest BCUT2D eigenvalue weighted by atomic mass is 10.2. The average Bonchev–Trinajstić information content (AvgIpc) is 2.35. The molecule has 1 aromatic heterocycles. The fourth-order valence-electron chi connectivity index (χ4n) is 1.62. The topological polar surface area (TPSA) is 90.1 Å². The normalized spacial score (nSPS) is 11.2. The molecule has 0 saturated heterocycles. The van der Waals surface area contributed by atoms with Crippen LogP contribution in [0.1, 0.15) is 39.7 Å². The second-order valence-electron chi connectivity index (χ2n) is 5.28. The minimum Gasteiger partial charge on any atom is -0.459 e. The number of nitrogens with two attached hydrogens (primary N) is 1. The molecule has 0 fully saturated rings. The van der Waals surface area contributed by atoms with E-state index in [1.165, 1.54) is 18.1 Å². The largest absolute Gasteiger partial charge is 0.459 e. The van der Waals surface area contributed by atoms with Crippen molar-refractivity contribution in [2.75, 3.05) is 11.2 Å². The van der Waals surface area contributed by atoms with Crippen molar-refractivity contribution < 1.29 is 9.53 Å². The smallest absolute Gasteiger partial charge is 0.316 e. The number of carbonyl (C=O) groups excluding carboxylic acids is 1. The van der Waals surface area contributed by atoms with E-state index in [0.29, 0.717) is 5.82 Å². The number of hydrogen-bond donors (Lipinski definition) is 2. The Hall–Kier alpha value is -1.34. The molecule has 0 bridgehead atoms. The van der Waals surface area contributed by atoms with Crippen molar-refractivity contribution in [3.8, 4) is 0 Å². The van der Waals surface area contributed by atoms with Gasteiger partial charge in [0.1, 0.15) is 22.8 Å². The number of carbonyl (C=O) groups is 1. The number of thioether (sulfide) groups is 1. The van der Waals surface area contributed by atoms with Gasteiger partial charge in [-0.3, -0.25) is 4.79 Å². The van der Waals surface area contributed by atoms with Crippen molar-refractivity contribution in [3.63, 3.8) is 0 Å². The minimum absolute atomic E-state index is 0.217. The van der Waals surface area contributed by atoms with Crippen LogP contribution < -0.4 is 11.3 Å². The van der Waals surface area contributed by atoms with E-state index in [9.17, 15) is 4.79 Å². The van der Waals surface area contributed by atoms with Gasteiger partial charge in [0.05, 0.1) is 5.75 Å². The Bertz CT molecular complexity index is 460. The Labute approximate surface area is 123 Å². The molecule has 0 unspecified atom stereocenters. The molecule has 0 saturated carbocycles. The number of hydrogen-bond acceptors (Lipinski definition) is 7. The Balaban J connectivity index is 2.74. The second-order valence-corrected chi connectivity index (χ2v) is 6.24. The van der Waals surface area contributed by atoms with Crippen LogP contribution in [0.15, 0.2) is 11.4 Å². The summed E-state index contributed by atoms with van der Waals surface area (Å²) < 4.78 is 5.27. The molecule has 0 spiro atoms. The van der Waals surface area contributed by atoms with Gasteiger partial charge in [0, 0.05) is 5.56 Å². The summed E-state index contributed by atoms with van der Waals surface area (Å²) in [4.78, 5) is 20.0. The number of hydrazine groups is 1. The lowest BCUT2D eigenvalue weighted by Crippen LogP contribution is -2.25. The first-order valence-electron chi connectivity index (χ1n) is 6.52. The van der Waals surface area contributed by atoms with Gasteiger partial charge in [-0.15, -0.1) is 0 Å². The van der Waals surface area contributed by atoms with Gasteiger partial charge in [0.15, 0.2) is 0 Å². The van der Waals surface area contributed by atoms with Crippen LogP contribution in [0.3, 0.4) is 0 Å². The van der Waals surface area contributed by atoms with Crippen molar-refractivity contribution in [2.24, 2.45) is 5.84 Å². The summed E-state index contributed by atoms with van der Waals surface area (Å²) in [6.45, 7) is 7.60. The predicted molar refractivity (Wildman–Crippen MR) is 80.4 cm³/mol. The highest BCUT2D eigenvalue weighted by Crippen LogP contribution is 2.26. The highest BCUT2D eigenvalue weighted by atomic mass is 32.2. The minimum atomic E-state index is -0.473. The summed E-state index contributed by atoms with van der Waals surface area (Å²) in [5.41, 5.74) is 3.03. The number of rotatable bonds is 6. The van der Waals surface area contributed by atoms with Crippen LogP contribution in [0.25, 0.3) is 0 Å². The Kier molecular flexibility index (Phi) is 6.22. The van der Waals surface area contributed by atoms with Crippen LogP contribution in [0.4, 0.5) is 5.82 Å². The maximum atomic E-state index is 11.7. The van der Waals surface area contributed by atoms with Crippen molar-refractivity contribution in [1.29, 1.82) is 0 Å². The molecule has 1 rings (SSSR count).